The first kappa shape index (κ1) is 20.6. The summed E-state index contributed by atoms with van der Waals surface area (Å²) < 4.78 is 60.5. The van der Waals surface area contributed by atoms with Crippen molar-refractivity contribution in [2.45, 2.75) is 12.8 Å². The summed E-state index contributed by atoms with van der Waals surface area (Å²) in [6.07, 6.45) is -1.21. The number of halogens is 4. The second kappa shape index (κ2) is 8.60. The molecule has 3 aromatic carbocycles. The zero-order valence-corrected chi connectivity index (χ0v) is 16.2. The van der Waals surface area contributed by atoms with E-state index in [1.165, 1.54) is 30.3 Å². The molecule has 0 fully saturated rings. The Bertz CT molecular complexity index is 1170. The van der Waals surface area contributed by atoms with Crippen LogP contribution >= 0.6 is 0 Å². The smallest absolute Gasteiger partial charge is 0.417 e. The molecular formula is C25H17F4NO. The number of rotatable bonds is 5. The van der Waals surface area contributed by atoms with Crippen molar-refractivity contribution in [3.8, 4) is 28.0 Å². The first-order valence-corrected chi connectivity index (χ1v) is 9.50. The van der Waals surface area contributed by atoms with Gasteiger partial charge in [-0.1, -0.05) is 48.5 Å². The van der Waals surface area contributed by atoms with Crippen LogP contribution in [0, 0.1) is 5.82 Å². The highest BCUT2D eigenvalue weighted by Gasteiger charge is 2.34. The molecular weight excluding hydrogens is 406 g/mol. The van der Waals surface area contributed by atoms with Crippen LogP contribution in [-0.4, -0.2) is 4.98 Å². The molecule has 0 bridgehead atoms. The Hall–Kier alpha value is -3.67. The van der Waals surface area contributed by atoms with E-state index < -0.39 is 17.6 Å². The van der Waals surface area contributed by atoms with Gasteiger partial charge >= 0.3 is 6.18 Å². The molecule has 4 aromatic rings. The summed E-state index contributed by atoms with van der Waals surface area (Å²) in [5.74, 6) is -0.654. The highest BCUT2D eigenvalue weighted by atomic mass is 19.4. The second-order valence-electron chi connectivity index (χ2n) is 6.91. The van der Waals surface area contributed by atoms with Crippen LogP contribution in [0.5, 0.6) is 5.75 Å². The summed E-state index contributed by atoms with van der Waals surface area (Å²) in [6.45, 7) is 0.101. The molecule has 0 saturated carbocycles. The van der Waals surface area contributed by atoms with Gasteiger partial charge in [0, 0.05) is 18.0 Å². The van der Waals surface area contributed by atoms with E-state index in [-0.39, 0.29) is 23.5 Å². The molecule has 0 unspecified atom stereocenters. The van der Waals surface area contributed by atoms with Gasteiger partial charge in [0.15, 0.2) is 0 Å². The predicted octanol–water partition coefficient (Wildman–Crippen LogP) is 7.15. The van der Waals surface area contributed by atoms with E-state index in [9.17, 15) is 17.6 Å². The number of benzene rings is 3. The quantitative estimate of drug-likeness (QED) is 0.318. The average Bonchev–Trinajstić information content (AvgIpc) is 2.78. The minimum atomic E-state index is -4.65. The van der Waals surface area contributed by atoms with E-state index in [0.29, 0.717) is 0 Å². The van der Waals surface area contributed by atoms with E-state index in [4.69, 9.17) is 4.74 Å². The van der Waals surface area contributed by atoms with Crippen LogP contribution in [0.2, 0.25) is 0 Å². The third-order valence-corrected chi connectivity index (χ3v) is 4.81. The predicted molar refractivity (Wildman–Crippen MR) is 111 cm³/mol. The summed E-state index contributed by atoms with van der Waals surface area (Å²) in [6, 6.07) is 20.2. The maximum Gasteiger partial charge on any atom is 0.417 e. The number of hydrogen-bond donors (Lipinski definition) is 0. The third kappa shape index (κ3) is 4.74. The molecule has 0 N–H and O–H groups in total. The van der Waals surface area contributed by atoms with Gasteiger partial charge in [-0.2, -0.15) is 13.2 Å². The van der Waals surface area contributed by atoms with Gasteiger partial charge in [0.05, 0.1) is 5.56 Å². The van der Waals surface area contributed by atoms with Crippen molar-refractivity contribution in [1.29, 1.82) is 0 Å². The van der Waals surface area contributed by atoms with Gasteiger partial charge in [-0.05, 0) is 52.6 Å². The van der Waals surface area contributed by atoms with E-state index in [1.54, 1.807) is 12.4 Å². The zero-order chi connectivity index (χ0) is 21.8. The molecule has 0 aliphatic heterocycles. The van der Waals surface area contributed by atoms with Crippen molar-refractivity contribution in [3.63, 3.8) is 0 Å². The Morgan fingerprint density at radius 3 is 2.23 bits per heavy atom. The number of ether oxygens (including phenoxy) is 1. The van der Waals surface area contributed by atoms with Crippen LogP contribution in [0.1, 0.15) is 11.1 Å². The molecule has 4 rings (SSSR count). The van der Waals surface area contributed by atoms with Gasteiger partial charge < -0.3 is 4.74 Å². The molecule has 0 spiro atoms. The van der Waals surface area contributed by atoms with Crippen LogP contribution in [-0.2, 0) is 12.8 Å². The molecule has 0 aliphatic rings. The summed E-state index contributed by atoms with van der Waals surface area (Å²) in [4.78, 5) is 4.08. The lowest BCUT2D eigenvalue weighted by atomic mass is 9.98. The zero-order valence-electron chi connectivity index (χ0n) is 16.2. The third-order valence-electron chi connectivity index (χ3n) is 4.81. The number of pyridine rings is 1. The van der Waals surface area contributed by atoms with Gasteiger partial charge in [-0.25, -0.2) is 4.39 Å². The fraction of sp³-hybridized carbons (Fsp3) is 0.0800. The summed E-state index contributed by atoms with van der Waals surface area (Å²) in [7, 11) is 0. The van der Waals surface area contributed by atoms with Crippen molar-refractivity contribution in [2.75, 3.05) is 0 Å². The van der Waals surface area contributed by atoms with Crippen molar-refractivity contribution in [1.82, 2.24) is 4.98 Å². The molecule has 0 saturated heterocycles. The Labute approximate surface area is 176 Å². The Kier molecular flexibility index (Phi) is 5.71. The van der Waals surface area contributed by atoms with Crippen LogP contribution < -0.4 is 4.74 Å². The van der Waals surface area contributed by atoms with Gasteiger partial charge in [0.2, 0.25) is 0 Å². The molecule has 1 aromatic heterocycles. The topological polar surface area (TPSA) is 22.1 Å². The SMILES string of the molecule is Fc1ccccc1-c1ccc(OCc2ccc(-c3cccnc3)cc2)cc1C(F)(F)F. The van der Waals surface area contributed by atoms with Crippen LogP contribution in [0.4, 0.5) is 17.6 Å². The standard InChI is InChI=1S/C25H17F4NO/c26-24-6-2-1-5-22(24)21-12-11-20(14-23(21)25(27,28)29)31-16-17-7-9-18(10-8-17)19-4-3-13-30-15-19/h1-15H,16H2. The average molecular weight is 423 g/mol. The Balaban J connectivity index is 1.55. The lowest BCUT2D eigenvalue weighted by molar-refractivity contribution is -0.137. The van der Waals surface area contributed by atoms with Crippen molar-refractivity contribution in [3.05, 3.63) is 108 Å². The van der Waals surface area contributed by atoms with E-state index in [0.717, 1.165) is 28.8 Å². The number of alkyl halides is 3. The van der Waals surface area contributed by atoms with Gasteiger partial charge in [0.25, 0.3) is 0 Å². The number of aromatic nitrogens is 1. The van der Waals surface area contributed by atoms with Gasteiger partial charge in [0.1, 0.15) is 18.2 Å². The van der Waals surface area contributed by atoms with Gasteiger partial charge in [-0.3, -0.25) is 4.98 Å². The first-order chi connectivity index (χ1) is 14.9. The molecule has 156 valence electrons. The van der Waals surface area contributed by atoms with Crippen molar-refractivity contribution in [2.24, 2.45) is 0 Å². The normalized spacial score (nSPS) is 11.4. The first-order valence-electron chi connectivity index (χ1n) is 9.50. The van der Waals surface area contributed by atoms with Crippen molar-refractivity contribution < 1.29 is 22.3 Å². The monoisotopic (exact) mass is 423 g/mol. The lowest BCUT2D eigenvalue weighted by Crippen LogP contribution is -2.08. The molecule has 0 aliphatic carbocycles. The molecule has 1 heterocycles. The highest BCUT2D eigenvalue weighted by Crippen LogP contribution is 2.40. The number of nitrogens with zero attached hydrogens (tertiary/aromatic N) is 1. The van der Waals surface area contributed by atoms with E-state index >= 15 is 0 Å². The molecule has 31 heavy (non-hydrogen) atoms. The Morgan fingerprint density at radius 2 is 1.55 bits per heavy atom. The Morgan fingerprint density at radius 1 is 0.774 bits per heavy atom. The van der Waals surface area contributed by atoms with E-state index in [1.807, 2.05) is 36.4 Å². The van der Waals surface area contributed by atoms with Gasteiger partial charge in [-0.15, -0.1) is 0 Å². The fourth-order valence-corrected chi connectivity index (χ4v) is 3.26. The van der Waals surface area contributed by atoms with Crippen LogP contribution in [0.15, 0.2) is 91.3 Å². The van der Waals surface area contributed by atoms with Crippen LogP contribution in [0.25, 0.3) is 22.3 Å². The summed E-state index contributed by atoms with van der Waals surface area (Å²) >= 11 is 0. The fourth-order valence-electron chi connectivity index (χ4n) is 3.26. The minimum Gasteiger partial charge on any atom is -0.489 e. The molecule has 0 radical (unpaired) electrons. The second-order valence-corrected chi connectivity index (χ2v) is 6.91. The molecule has 0 amide bonds. The number of hydrogen-bond acceptors (Lipinski definition) is 2. The van der Waals surface area contributed by atoms with E-state index in [2.05, 4.69) is 4.98 Å². The maximum absolute atomic E-state index is 14.1. The highest BCUT2D eigenvalue weighted by molar-refractivity contribution is 5.69. The summed E-state index contributed by atoms with van der Waals surface area (Å²) in [5, 5.41) is 0. The minimum absolute atomic E-state index is 0.0590. The van der Waals surface area contributed by atoms with Crippen LogP contribution in [0.3, 0.4) is 0 Å². The molecule has 0 atom stereocenters. The maximum atomic E-state index is 14.1. The van der Waals surface area contributed by atoms with Crippen molar-refractivity contribution >= 4 is 0 Å². The molecule has 2 nitrogen and oxygen atoms in total. The molecule has 6 heteroatoms. The summed E-state index contributed by atoms with van der Waals surface area (Å²) in [5.41, 5.74) is 1.48. The largest absolute Gasteiger partial charge is 0.489 e. The lowest BCUT2D eigenvalue weighted by Gasteiger charge is -2.16.